The van der Waals surface area contributed by atoms with Crippen LogP contribution in [0, 0.1) is 21.0 Å². The number of halogens is 5. The summed E-state index contributed by atoms with van der Waals surface area (Å²) < 4.78 is 42.8. The van der Waals surface area contributed by atoms with Gasteiger partial charge in [0.1, 0.15) is 5.82 Å². The van der Waals surface area contributed by atoms with Crippen LogP contribution in [0.1, 0.15) is 23.7 Å². The van der Waals surface area contributed by atoms with Gasteiger partial charge < -0.3 is 10.4 Å². The van der Waals surface area contributed by atoms with E-state index in [0.29, 0.717) is 3.57 Å². The lowest BCUT2D eigenvalue weighted by Crippen LogP contribution is -2.29. The fourth-order valence-corrected chi connectivity index (χ4v) is 2.93. The molecule has 0 aliphatic carbocycles. The summed E-state index contributed by atoms with van der Waals surface area (Å²) >= 11 is 4.75. The fraction of sp³-hybridized carbons (Fsp3) is 0.235. The van der Waals surface area contributed by atoms with Gasteiger partial charge in [-0.2, -0.15) is 0 Å². The summed E-state index contributed by atoms with van der Waals surface area (Å²) in [6.45, 7) is 1.46. The Bertz CT molecular complexity index is 855. The maximum absolute atomic E-state index is 14.5. The van der Waals surface area contributed by atoms with Crippen molar-refractivity contribution in [1.29, 1.82) is 0 Å². The monoisotopic (exact) mass is 558 g/mol. The number of carbonyl (C=O) groups is 1. The maximum atomic E-state index is 14.5. The first kappa shape index (κ1) is 21.9. The van der Waals surface area contributed by atoms with Crippen LogP contribution in [0.4, 0.5) is 24.5 Å². The van der Waals surface area contributed by atoms with Crippen molar-refractivity contribution in [3.05, 3.63) is 55.3 Å². The zero-order valence-electron chi connectivity index (χ0n) is 14.0. The third kappa shape index (κ3) is 5.56. The van der Waals surface area contributed by atoms with Gasteiger partial charge in [-0.05, 0) is 76.1 Å². The van der Waals surface area contributed by atoms with Gasteiger partial charge in [-0.15, -0.1) is 0 Å². The van der Waals surface area contributed by atoms with Gasteiger partial charge in [0.05, 0.1) is 27.5 Å². The number of nitrogens with one attached hydrogen (secondary N) is 2. The highest BCUT2D eigenvalue weighted by molar-refractivity contribution is 14.1. The van der Waals surface area contributed by atoms with Gasteiger partial charge in [-0.25, -0.2) is 18.7 Å². The molecule has 0 radical (unpaired) electrons. The highest BCUT2D eigenvalue weighted by Gasteiger charge is 2.23. The Kier molecular flexibility index (Phi) is 7.89. The van der Waals surface area contributed by atoms with Gasteiger partial charge in [-0.3, -0.25) is 9.63 Å². The molecule has 0 bridgehead atoms. The summed E-state index contributed by atoms with van der Waals surface area (Å²) in [5.74, 6) is -4.14. The molecular weight excluding hydrogens is 544 g/mol. The molecule has 0 aromatic heterocycles. The number of aliphatic hydroxyl groups is 1. The molecule has 146 valence electrons. The molecule has 0 aliphatic rings. The Hall–Kier alpha value is -1.37. The molecule has 5 nitrogen and oxygen atoms in total. The molecule has 10 heteroatoms. The SMILES string of the molecule is CC(CCO)ONC(=O)c1cc(Br)c(F)c(F)c1Nc1ccc(I)cc1F. The fourth-order valence-electron chi connectivity index (χ4n) is 2.07. The summed E-state index contributed by atoms with van der Waals surface area (Å²) in [6.07, 6.45) is -0.237. The van der Waals surface area contributed by atoms with Gasteiger partial charge in [-0.1, -0.05) is 0 Å². The lowest BCUT2D eigenvalue weighted by atomic mass is 10.1. The van der Waals surface area contributed by atoms with Gasteiger partial charge in [0.15, 0.2) is 11.6 Å². The van der Waals surface area contributed by atoms with Gasteiger partial charge in [0.2, 0.25) is 0 Å². The van der Waals surface area contributed by atoms with E-state index in [4.69, 9.17) is 9.94 Å². The minimum atomic E-state index is -1.35. The maximum Gasteiger partial charge on any atom is 0.277 e. The molecule has 2 aromatic carbocycles. The van der Waals surface area contributed by atoms with Crippen LogP contribution in [-0.4, -0.2) is 23.7 Å². The van der Waals surface area contributed by atoms with Crippen LogP contribution in [-0.2, 0) is 4.84 Å². The molecular formula is C17H15BrF3IN2O3. The molecule has 1 unspecified atom stereocenters. The lowest BCUT2D eigenvalue weighted by molar-refractivity contribution is -0.0168. The summed E-state index contributed by atoms with van der Waals surface area (Å²) in [6, 6.07) is 5.17. The standard InChI is InChI=1S/C17H15BrF3IN2O3/c1-8(4-5-25)27-24-17(26)10-7-11(18)14(20)15(21)16(10)23-13-3-2-9(22)6-12(13)19/h2-3,6-8,23,25H,4-5H2,1H3,(H,24,26). The average molecular weight is 559 g/mol. The van der Waals surface area contributed by atoms with Gasteiger partial charge in [0, 0.05) is 10.2 Å². The van der Waals surface area contributed by atoms with Crippen LogP contribution in [0.5, 0.6) is 0 Å². The zero-order valence-corrected chi connectivity index (χ0v) is 17.7. The van der Waals surface area contributed by atoms with E-state index in [1.54, 1.807) is 13.0 Å². The van der Waals surface area contributed by atoms with Crippen molar-refractivity contribution in [3.63, 3.8) is 0 Å². The first-order valence-electron chi connectivity index (χ1n) is 7.71. The number of hydrogen-bond donors (Lipinski definition) is 3. The topological polar surface area (TPSA) is 70.6 Å². The first-order valence-corrected chi connectivity index (χ1v) is 9.58. The molecule has 0 aliphatic heterocycles. The highest BCUT2D eigenvalue weighted by Crippen LogP contribution is 2.32. The van der Waals surface area contributed by atoms with Crippen molar-refractivity contribution in [1.82, 2.24) is 5.48 Å². The predicted octanol–water partition coefficient (Wildman–Crippen LogP) is 4.65. The van der Waals surface area contributed by atoms with Crippen molar-refractivity contribution in [2.45, 2.75) is 19.4 Å². The van der Waals surface area contributed by atoms with Crippen molar-refractivity contribution >= 4 is 55.8 Å². The van der Waals surface area contributed by atoms with Crippen molar-refractivity contribution in [2.24, 2.45) is 0 Å². The number of amides is 1. The van der Waals surface area contributed by atoms with E-state index in [1.165, 1.54) is 12.1 Å². The molecule has 1 atom stereocenters. The summed E-state index contributed by atoms with van der Waals surface area (Å²) in [5, 5.41) is 11.3. The molecule has 2 aromatic rings. The predicted molar refractivity (Wildman–Crippen MR) is 106 cm³/mol. The van der Waals surface area contributed by atoms with Gasteiger partial charge in [0.25, 0.3) is 5.91 Å². The third-order valence-corrected chi connectivity index (χ3v) is 4.73. The van der Waals surface area contributed by atoms with Gasteiger partial charge >= 0.3 is 0 Å². The Balaban J connectivity index is 2.37. The van der Waals surface area contributed by atoms with Crippen LogP contribution >= 0.6 is 38.5 Å². The minimum absolute atomic E-state index is 0.125. The van der Waals surface area contributed by atoms with Crippen LogP contribution in [0.15, 0.2) is 28.7 Å². The number of hydroxylamine groups is 1. The molecule has 0 spiro atoms. The number of hydrogen-bond acceptors (Lipinski definition) is 4. The molecule has 0 saturated carbocycles. The second-order valence-electron chi connectivity index (χ2n) is 5.53. The Morgan fingerprint density at radius 1 is 1.30 bits per heavy atom. The van der Waals surface area contributed by atoms with Crippen LogP contribution < -0.4 is 10.8 Å². The zero-order chi connectivity index (χ0) is 20.1. The number of aliphatic hydroxyl groups excluding tert-OH is 1. The van der Waals surface area contributed by atoms with Crippen molar-refractivity contribution < 1.29 is 27.9 Å². The van der Waals surface area contributed by atoms with E-state index in [-0.39, 0.29) is 28.8 Å². The summed E-state index contributed by atoms with van der Waals surface area (Å²) in [7, 11) is 0. The number of rotatable bonds is 7. The summed E-state index contributed by atoms with van der Waals surface area (Å²) in [5.41, 5.74) is 1.16. The molecule has 0 heterocycles. The minimum Gasteiger partial charge on any atom is -0.396 e. The smallest absolute Gasteiger partial charge is 0.277 e. The summed E-state index contributed by atoms with van der Waals surface area (Å²) in [4.78, 5) is 17.4. The molecule has 0 saturated heterocycles. The Morgan fingerprint density at radius 2 is 2.00 bits per heavy atom. The number of carbonyl (C=O) groups excluding carboxylic acids is 1. The van der Waals surface area contributed by atoms with E-state index in [1.807, 2.05) is 22.6 Å². The van der Waals surface area contributed by atoms with Crippen LogP contribution in [0.3, 0.4) is 0 Å². The second kappa shape index (κ2) is 9.71. The first-order chi connectivity index (χ1) is 12.7. The molecule has 3 N–H and O–H groups in total. The number of anilines is 2. The molecule has 27 heavy (non-hydrogen) atoms. The van der Waals surface area contributed by atoms with E-state index in [9.17, 15) is 18.0 Å². The van der Waals surface area contributed by atoms with Crippen molar-refractivity contribution in [2.75, 3.05) is 11.9 Å². The van der Waals surface area contributed by atoms with Crippen LogP contribution in [0.25, 0.3) is 0 Å². The van der Waals surface area contributed by atoms with Crippen LogP contribution in [0.2, 0.25) is 0 Å². The largest absolute Gasteiger partial charge is 0.396 e. The third-order valence-electron chi connectivity index (χ3n) is 3.49. The number of benzene rings is 2. The lowest BCUT2D eigenvalue weighted by Gasteiger charge is -2.16. The molecule has 0 fully saturated rings. The Labute approximate surface area is 175 Å². The average Bonchev–Trinajstić information content (AvgIpc) is 2.62. The van der Waals surface area contributed by atoms with E-state index < -0.39 is 35.2 Å². The normalized spacial score (nSPS) is 12.0. The highest BCUT2D eigenvalue weighted by atomic mass is 127. The molecule has 1 amide bonds. The quantitative estimate of drug-likeness (QED) is 0.263. The van der Waals surface area contributed by atoms with E-state index in [2.05, 4.69) is 26.7 Å². The Morgan fingerprint density at radius 3 is 2.63 bits per heavy atom. The van der Waals surface area contributed by atoms with E-state index >= 15 is 0 Å². The van der Waals surface area contributed by atoms with Crippen molar-refractivity contribution in [3.8, 4) is 0 Å². The molecule has 2 rings (SSSR count). The second-order valence-corrected chi connectivity index (χ2v) is 7.63. The van der Waals surface area contributed by atoms with E-state index in [0.717, 1.165) is 6.07 Å².